The zero-order chi connectivity index (χ0) is 25.8. The Labute approximate surface area is 223 Å². The van der Waals surface area contributed by atoms with E-state index in [4.69, 9.17) is 21.1 Å². The third kappa shape index (κ3) is 5.84. The normalized spacial score (nSPS) is 18.0. The van der Waals surface area contributed by atoms with E-state index in [-0.39, 0.29) is 11.9 Å². The molecule has 1 N–H and O–H groups in total. The van der Waals surface area contributed by atoms with Gasteiger partial charge in [0.2, 0.25) is 0 Å². The first-order valence-electron chi connectivity index (χ1n) is 13.2. The minimum absolute atomic E-state index is 0.00745. The van der Waals surface area contributed by atoms with Gasteiger partial charge in [-0.25, -0.2) is 0 Å². The molecule has 8 heteroatoms. The minimum atomic E-state index is -0.221. The predicted octanol–water partition coefficient (Wildman–Crippen LogP) is 5.42. The third-order valence-electron chi connectivity index (χ3n) is 7.12. The highest BCUT2D eigenvalue weighted by molar-refractivity contribution is 6.30. The van der Waals surface area contributed by atoms with Crippen LogP contribution in [0, 0.1) is 5.92 Å². The molecule has 5 rings (SSSR count). The first-order chi connectivity index (χ1) is 18.0. The lowest BCUT2D eigenvalue weighted by atomic mass is 9.96. The number of carbonyl (C=O) groups excluding carboxylic acids is 1. The van der Waals surface area contributed by atoms with Crippen LogP contribution in [0.1, 0.15) is 54.3 Å². The zero-order valence-corrected chi connectivity index (χ0v) is 22.3. The molecule has 0 saturated carbocycles. The highest BCUT2D eigenvalue weighted by Crippen LogP contribution is 2.43. The van der Waals surface area contributed by atoms with Gasteiger partial charge in [-0.1, -0.05) is 49.7 Å². The largest absolute Gasteiger partial charge is 0.494 e. The summed E-state index contributed by atoms with van der Waals surface area (Å²) in [5, 5.41) is 8.27. The number of hydrogen-bond acceptors (Lipinski definition) is 5. The number of amides is 1. The van der Waals surface area contributed by atoms with Crippen LogP contribution in [0.5, 0.6) is 5.75 Å². The van der Waals surface area contributed by atoms with Gasteiger partial charge in [0.05, 0.1) is 31.6 Å². The molecule has 0 bridgehead atoms. The van der Waals surface area contributed by atoms with Gasteiger partial charge in [0.25, 0.3) is 5.91 Å². The van der Waals surface area contributed by atoms with Gasteiger partial charge >= 0.3 is 0 Å². The summed E-state index contributed by atoms with van der Waals surface area (Å²) in [6.07, 6.45) is 1.91. The summed E-state index contributed by atoms with van der Waals surface area (Å²) < 4.78 is 11.4. The van der Waals surface area contributed by atoms with Crippen molar-refractivity contribution in [2.24, 2.45) is 5.92 Å². The van der Waals surface area contributed by atoms with Crippen molar-refractivity contribution >= 4 is 17.5 Å². The van der Waals surface area contributed by atoms with Crippen molar-refractivity contribution in [3.63, 3.8) is 0 Å². The van der Waals surface area contributed by atoms with E-state index >= 15 is 0 Å². The van der Waals surface area contributed by atoms with Crippen LogP contribution in [0.25, 0.3) is 11.3 Å². The summed E-state index contributed by atoms with van der Waals surface area (Å²) in [4.78, 5) is 18.0. The Morgan fingerprint density at radius 1 is 1.08 bits per heavy atom. The summed E-state index contributed by atoms with van der Waals surface area (Å²) in [5.41, 5.74) is 4.26. The molecule has 37 heavy (non-hydrogen) atoms. The van der Waals surface area contributed by atoms with Crippen LogP contribution < -0.4 is 4.74 Å². The average Bonchev–Trinajstić information content (AvgIpc) is 3.44. The number of nitrogens with zero attached hydrogens (tertiary/aromatic N) is 3. The van der Waals surface area contributed by atoms with Gasteiger partial charge in [0, 0.05) is 42.3 Å². The Kier molecular flexibility index (Phi) is 8.13. The van der Waals surface area contributed by atoms with Crippen LogP contribution in [0.4, 0.5) is 0 Å². The second-order valence-electron chi connectivity index (χ2n) is 10.2. The highest BCUT2D eigenvalue weighted by atomic mass is 35.5. The molecular weight excluding hydrogens is 488 g/mol. The third-order valence-corrected chi connectivity index (χ3v) is 7.37. The van der Waals surface area contributed by atoms with E-state index in [0.29, 0.717) is 29.8 Å². The van der Waals surface area contributed by atoms with Crippen molar-refractivity contribution in [1.82, 2.24) is 20.0 Å². The molecule has 3 heterocycles. The van der Waals surface area contributed by atoms with E-state index in [1.54, 1.807) is 0 Å². The molecule has 2 aliphatic heterocycles. The van der Waals surface area contributed by atoms with Crippen LogP contribution in [0.15, 0.2) is 48.5 Å². The quantitative estimate of drug-likeness (QED) is 0.385. The Balaban J connectivity index is 1.41. The fraction of sp³-hybridized carbons (Fsp3) is 0.448. The van der Waals surface area contributed by atoms with Crippen molar-refractivity contribution in [2.45, 2.75) is 32.7 Å². The van der Waals surface area contributed by atoms with E-state index in [0.717, 1.165) is 73.8 Å². The van der Waals surface area contributed by atoms with Gasteiger partial charge in [0.15, 0.2) is 0 Å². The molecule has 2 aromatic carbocycles. The average molecular weight is 523 g/mol. The van der Waals surface area contributed by atoms with Crippen molar-refractivity contribution in [2.75, 3.05) is 46.0 Å². The van der Waals surface area contributed by atoms with E-state index in [1.165, 1.54) is 0 Å². The smallest absolute Gasteiger partial charge is 0.273 e. The second kappa shape index (κ2) is 11.7. The number of benzene rings is 2. The number of halogens is 1. The van der Waals surface area contributed by atoms with Crippen LogP contribution >= 0.6 is 11.6 Å². The van der Waals surface area contributed by atoms with Crippen molar-refractivity contribution in [1.29, 1.82) is 0 Å². The molecular formula is C29H35ClN4O3. The minimum Gasteiger partial charge on any atom is -0.494 e. The molecule has 1 fully saturated rings. The molecule has 0 spiro atoms. The molecule has 1 aromatic heterocycles. The molecule has 0 aliphatic carbocycles. The number of morpholine rings is 1. The predicted molar refractivity (Wildman–Crippen MR) is 145 cm³/mol. The Morgan fingerprint density at radius 3 is 2.51 bits per heavy atom. The zero-order valence-electron chi connectivity index (χ0n) is 21.6. The van der Waals surface area contributed by atoms with Gasteiger partial charge in [-0.3, -0.25) is 14.8 Å². The molecule has 1 atom stereocenters. The fourth-order valence-electron chi connectivity index (χ4n) is 5.05. The van der Waals surface area contributed by atoms with Gasteiger partial charge in [-0.05, 0) is 48.6 Å². The summed E-state index contributed by atoms with van der Waals surface area (Å²) in [6, 6.07) is 15.6. The Hall–Kier alpha value is -2.87. The standard InChI is InChI=1S/C29H35ClN4O3/c1-20(2)12-17-37-24-10-6-22(7-11-24)28-25-26(21-4-8-23(30)9-5-21)31-32-27(25)29(35)34(28)14-3-13-33-15-18-36-19-16-33/h4-11,20,28H,3,12-19H2,1-2H3,(H,31,32). The Morgan fingerprint density at radius 2 is 1.81 bits per heavy atom. The molecule has 0 radical (unpaired) electrons. The molecule has 196 valence electrons. The molecule has 3 aromatic rings. The first kappa shape index (κ1) is 25.8. The Bertz CT molecular complexity index is 1190. The monoisotopic (exact) mass is 522 g/mol. The molecule has 2 aliphatic rings. The van der Waals surface area contributed by atoms with Crippen molar-refractivity contribution in [3.05, 3.63) is 70.4 Å². The number of rotatable bonds is 10. The number of aromatic nitrogens is 2. The summed E-state index contributed by atoms with van der Waals surface area (Å²) in [7, 11) is 0. The van der Waals surface area contributed by atoms with Gasteiger partial charge in [-0.2, -0.15) is 5.10 Å². The summed E-state index contributed by atoms with van der Waals surface area (Å²) in [5.74, 6) is 1.44. The first-order valence-corrected chi connectivity index (χ1v) is 13.6. The lowest BCUT2D eigenvalue weighted by Gasteiger charge is -2.29. The summed E-state index contributed by atoms with van der Waals surface area (Å²) >= 11 is 6.14. The summed E-state index contributed by atoms with van der Waals surface area (Å²) in [6.45, 7) is 10.1. The van der Waals surface area contributed by atoms with Crippen LogP contribution in [-0.2, 0) is 4.74 Å². The maximum absolute atomic E-state index is 13.6. The van der Waals surface area contributed by atoms with Crippen LogP contribution in [0.3, 0.4) is 0 Å². The van der Waals surface area contributed by atoms with Gasteiger partial charge in [-0.15, -0.1) is 0 Å². The van der Waals surface area contributed by atoms with Crippen molar-refractivity contribution in [3.8, 4) is 17.0 Å². The number of carbonyl (C=O) groups is 1. The van der Waals surface area contributed by atoms with Crippen LogP contribution in [-0.4, -0.2) is 71.9 Å². The highest BCUT2D eigenvalue weighted by Gasteiger charge is 2.41. The SMILES string of the molecule is CC(C)CCOc1ccc(C2c3c(-c4ccc(Cl)cc4)n[nH]c3C(=O)N2CCCN2CCOCC2)cc1. The molecule has 1 unspecified atom stereocenters. The number of H-pyrrole nitrogens is 1. The molecule has 7 nitrogen and oxygen atoms in total. The number of aromatic amines is 1. The number of fused-ring (bicyclic) bond motifs is 1. The van der Waals surface area contributed by atoms with E-state index in [2.05, 4.69) is 41.1 Å². The van der Waals surface area contributed by atoms with E-state index in [9.17, 15) is 4.79 Å². The van der Waals surface area contributed by atoms with Gasteiger partial charge < -0.3 is 14.4 Å². The lowest BCUT2D eigenvalue weighted by Crippen LogP contribution is -2.38. The van der Waals surface area contributed by atoms with E-state index in [1.807, 2.05) is 41.3 Å². The molecule has 1 saturated heterocycles. The van der Waals surface area contributed by atoms with Gasteiger partial charge in [0.1, 0.15) is 11.4 Å². The number of nitrogens with one attached hydrogen (secondary N) is 1. The molecule has 1 amide bonds. The maximum atomic E-state index is 13.6. The van der Waals surface area contributed by atoms with Crippen molar-refractivity contribution < 1.29 is 14.3 Å². The second-order valence-corrected chi connectivity index (χ2v) is 10.6. The van der Waals surface area contributed by atoms with E-state index < -0.39 is 0 Å². The topological polar surface area (TPSA) is 70.7 Å². The number of hydrogen-bond donors (Lipinski definition) is 1. The maximum Gasteiger partial charge on any atom is 0.273 e. The fourth-order valence-corrected chi connectivity index (χ4v) is 5.18. The number of ether oxygens (including phenoxy) is 2. The lowest BCUT2D eigenvalue weighted by molar-refractivity contribution is 0.0354. The van der Waals surface area contributed by atoms with Crippen LogP contribution in [0.2, 0.25) is 5.02 Å².